The maximum absolute atomic E-state index is 13.7. The van der Waals surface area contributed by atoms with E-state index in [1.165, 1.54) is 5.56 Å². The molecule has 0 unspecified atom stereocenters. The minimum atomic E-state index is -0.734. The second kappa shape index (κ2) is 12.5. The number of rotatable bonds is 10. The molecule has 204 valence electrons. The summed E-state index contributed by atoms with van der Waals surface area (Å²) in [6.07, 6.45) is 3.66. The van der Waals surface area contributed by atoms with E-state index in [0.717, 1.165) is 49.4 Å². The fourth-order valence-corrected chi connectivity index (χ4v) is 5.84. The molecule has 1 spiro atoms. The van der Waals surface area contributed by atoms with Crippen LogP contribution in [0.1, 0.15) is 42.9 Å². The van der Waals surface area contributed by atoms with Crippen LogP contribution >= 0.6 is 0 Å². The van der Waals surface area contributed by atoms with Gasteiger partial charge in [0.05, 0.1) is 0 Å². The molecule has 6 nitrogen and oxygen atoms in total. The Morgan fingerprint density at radius 3 is 2.10 bits per heavy atom. The summed E-state index contributed by atoms with van der Waals surface area (Å²) in [5, 5.41) is 3.12. The summed E-state index contributed by atoms with van der Waals surface area (Å²) >= 11 is 0. The molecule has 5 rings (SSSR count). The lowest BCUT2D eigenvalue weighted by Gasteiger charge is -2.51. The van der Waals surface area contributed by atoms with E-state index in [1.54, 1.807) is 0 Å². The summed E-state index contributed by atoms with van der Waals surface area (Å²) in [5.41, 5.74) is 2.71. The second-order valence-electron chi connectivity index (χ2n) is 10.7. The molecule has 6 heteroatoms. The monoisotopic (exact) mass is 525 g/mol. The van der Waals surface area contributed by atoms with Gasteiger partial charge in [-0.15, -0.1) is 0 Å². The molecule has 0 aliphatic carbocycles. The number of nitrogens with one attached hydrogen (secondary N) is 1. The molecule has 3 aromatic carbocycles. The Balaban J connectivity index is 1.19. The molecule has 2 aliphatic heterocycles. The van der Waals surface area contributed by atoms with Gasteiger partial charge in [0.2, 0.25) is 11.8 Å². The molecule has 1 atom stereocenters. The number of ether oxygens (including phenoxy) is 1. The number of hydrogen-bond donors (Lipinski definition) is 1. The smallest absolute Gasteiger partial charge is 0.246 e. The second-order valence-corrected chi connectivity index (χ2v) is 10.7. The molecular weight excluding hydrogens is 486 g/mol. The van der Waals surface area contributed by atoms with E-state index >= 15 is 0 Å². The van der Waals surface area contributed by atoms with Gasteiger partial charge in [0.25, 0.3) is 0 Å². The predicted molar refractivity (Wildman–Crippen MR) is 153 cm³/mol. The van der Waals surface area contributed by atoms with E-state index in [2.05, 4.69) is 41.4 Å². The van der Waals surface area contributed by atoms with Crippen LogP contribution in [0.25, 0.3) is 0 Å². The summed E-state index contributed by atoms with van der Waals surface area (Å²) in [7, 11) is 0. The number of benzene rings is 3. The Kier molecular flexibility index (Phi) is 8.62. The molecule has 39 heavy (non-hydrogen) atoms. The molecular formula is C33H39N3O3. The van der Waals surface area contributed by atoms with Gasteiger partial charge in [-0.2, -0.15) is 0 Å². The van der Waals surface area contributed by atoms with E-state index in [-0.39, 0.29) is 11.8 Å². The van der Waals surface area contributed by atoms with Crippen LogP contribution in [0.3, 0.4) is 0 Å². The van der Waals surface area contributed by atoms with Crippen LogP contribution in [0.4, 0.5) is 0 Å². The third-order valence-electron chi connectivity index (χ3n) is 8.11. The van der Waals surface area contributed by atoms with Gasteiger partial charge in [-0.3, -0.25) is 9.59 Å². The van der Waals surface area contributed by atoms with Crippen molar-refractivity contribution in [2.75, 3.05) is 26.2 Å². The van der Waals surface area contributed by atoms with Gasteiger partial charge in [0.15, 0.2) is 0 Å². The van der Waals surface area contributed by atoms with Gasteiger partial charge in [-0.1, -0.05) is 79.7 Å². The third-order valence-corrected chi connectivity index (χ3v) is 8.11. The van der Waals surface area contributed by atoms with E-state index in [1.807, 2.05) is 65.6 Å². The number of hydrogen-bond acceptors (Lipinski definition) is 4. The summed E-state index contributed by atoms with van der Waals surface area (Å²) in [6.45, 7) is 5.81. The van der Waals surface area contributed by atoms with Crippen molar-refractivity contribution in [2.45, 2.75) is 57.2 Å². The lowest BCUT2D eigenvalue weighted by atomic mass is 9.81. The first-order valence-corrected chi connectivity index (χ1v) is 14.2. The predicted octanol–water partition coefficient (Wildman–Crippen LogP) is 4.62. The number of likely N-dealkylation sites (tertiary alicyclic amines) is 1. The van der Waals surface area contributed by atoms with E-state index in [4.69, 9.17) is 4.74 Å². The van der Waals surface area contributed by atoms with Gasteiger partial charge in [0, 0.05) is 32.6 Å². The molecule has 0 bridgehead atoms. The van der Waals surface area contributed by atoms with Crippen LogP contribution < -0.4 is 10.1 Å². The first-order valence-electron chi connectivity index (χ1n) is 14.2. The Bertz CT molecular complexity index is 1220. The molecule has 3 aromatic rings. The maximum atomic E-state index is 13.7. The highest BCUT2D eigenvalue weighted by molar-refractivity contribution is 6.00. The van der Waals surface area contributed by atoms with Crippen molar-refractivity contribution >= 4 is 11.8 Å². The SMILES string of the molecule is CCCN1C(=O)[C@H](Cc2ccc(OCc3ccccc3)cc2)NC(=O)C12CCN(CCc1ccccc1)CC2. The van der Waals surface area contributed by atoms with Crippen LogP contribution in [-0.2, 0) is 29.0 Å². The van der Waals surface area contributed by atoms with Crippen molar-refractivity contribution in [3.05, 3.63) is 102 Å². The summed E-state index contributed by atoms with van der Waals surface area (Å²) in [6, 6.07) is 27.9. The fraction of sp³-hybridized carbons (Fsp3) is 0.394. The number of amides is 2. The molecule has 1 N–H and O–H groups in total. The molecule has 0 aromatic heterocycles. The van der Waals surface area contributed by atoms with Crippen molar-refractivity contribution in [3.8, 4) is 5.75 Å². The normalized spacial score (nSPS) is 19.2. The van der Waals surface area contributed by atoms with Gasteiger partial charge in [0.1, 0.15) is 23.9 Å². The first kappa shape index (κ1) is 26.9. The maximum Gasteiger partial charge on any atom is 0.246 e. The van der Waals surface area contributed by atoms with Crippen molar-refractivity contribution < 1.29 is 14.3 Å². The summed E-state index contributed by atoms with van der Waals surface area (Å²) < 4.78 is 5.90. The minimum absolute atomic E-state index is 0.00562. The van der Waals surface area contributed by atoms with Gasteiger partial charge in [-0.25, -0.2) is 0 Å². The van der Waals surface area contributed by atoms with Gasteiger partial charge < -0.3 is 19.9 Å². The van der Waals surface area contributed by atoms with Gasteiger partial charge in [-0.05, 0) is 54.5 Å². The van der Waals surface area contributed by atoms with Crippen LogP contribution in [-0.4, -0.2) is 59.4 Å². The largest absolute Gasteiger partial charge is 0.489 e. The number of piperazine rings is 1. The fourth-order valence-electron chi connectivity index (χ4n) is 5.84. The average molecular weight is 526 g/mol. The van der Waals surface area contributed by atoms with Crippen LogP contribution in [0, 0.1) is 0 Å². The Morgan fingerprint density at radius 2 is 1.46 bits per heavy atom. The highest BCUT2D eigenvalue weighted by Gasteiger charge is 2.53. The minimum Gasteiger partial charge on any atom is -0.489 e. The third kappa shape index (κ3) is 6.34. The molecule has 0 saturated carbocycles. The molecule has 0 radical (unpaired) electrons. The average Bonchev–Trinajstić information content (AvgIpc) is 2.98. The van der Waals surface area contributed by atoms with Crippen molar-refractivity contribution in [1.82, 2.24) is 15.1 Å². The lowest BCUT2D eigenvalue weighted by Crippen LogP contribution is -2.73. The highest BCUT2D eigenvalue weighted by Crippen LogP contribution is 2.34. The molecule has 2 fully saturated rings. The van der Waals surface area contributed by atoms with Crippen LogP contribution in [0.2, 0.25) is 0 Å². The molecule has 2 amide bonds. The zero-order valence-corrected chi connectivity index (χ0v) is 22.9. The quantitative estimate of drug-likeness (QED) is 0.420. The van der Waals surface area contributed by atoms with E-state index < -0.39 is 11.6 Å². The van der Waals surface area contributed by atoms with E-state index in [9.17, 15) is 9.59 Å². The standard InChI is InChI=1S/C33H39N3O3/c1-2-20-36-31(37)30(24-27-13-15-29(16-14-27)39-25-28-11-7-4-8-12-28)34-32(38)33(36)18-22-35(23-19-33)21-17-26-9-5-3-6-10-26/h3-16,30H,2,17-25H2,1H3,(H,34,38)/t30-/m0/s1. The molecule has 2 aliphatic rings. The zero-order valence-electron chi connectivity index (χ0n) is 22.9. The summed E-state index contributed by atoms with van der Waals surface area (Å²) in [5.74, 6) is 0.830. The Hall–Kier alpha value is -3.64. The molecule has 2 saturated heterocycles. The van der Waals surface area contributed by atoms with Crippen LogP contribution in [0.5, 0.6) is 5.75 Å². The zero-order chi connectivity index (χ0) is 27.1. The van der Waals surface area contributed by atoms with Crippen LogP contribution in [0.15, 0.2) is 84.9 Å². The summed E-state index contributed by atoms with van der Waals surface area (Å²) in [4.78, 5) is 31.7. The number of piperidine rings is 1. The Labute approximate surface area is 232 Å². The number of nitrogens with zero attached hydrogens (tertiary/aromatic N) is 2. The Morgan fingerprint density at radius 1 is 0.821 bits per heavy atom. The van der Waals surface area contributed by atoms with Crippen molar-refractivity contribution in [1.29, 1.82) is 0 Å². The first-order chi connectivity index (χ1) is 19.1. The van der Waals surface area contributed by atoms with Gasteiger partial charge >= 0.3 is 0 Å². The van der Waals surface area contributed by atoms with E-state index in [0.29, 0.717) is 32.4 Å². The van der Waals surface area contributed by atoms with Crippen molar-refractivity contribution in [2.24, 2.45) is 0 Å². The molecule has 2 heterocycles. The number of carbonyl (C=O) groups is 2. The van der Waals surface area contributed by atoms with Crippen molar-refractivity contribution in [3.63, 3.8) is 0 Å². The lowest BCUT2D eigenvalue weighted by molar-refractivity contribution is -0.161. The number of carbonyl (C=O) groups excluding carboxylic acids is 2. The topological polar surface area (TPSA) is 61.9 Å². The highest BCUT2D eigenvalue weighted by atomic mass is 16.5.